The Balaban J connectivity index is 1.22. The number of carbonyl (C=O) groups is 2. The first-order valence-electron chi connectivity index (χ1n) is 13.2. The molecule has 1 aliphatic carbocycles. The minimum absolute atomic E-state index is 0.119. The number of carbonyl (C=O) groups excluding carboxylic acids is 2. The van der Waals surface area contributed by atoms with Gasteiger partial charge in [0.25, 0.3) is 0 Å². The Morgan fingerprint density at radius 1 is 0.641 bits per heavy atom. The van der Waals surface area contributed by atoms with Crippen LogP contribution in [0.25, 0.3) is 21.9 Å². The number of hydrogen-bond acceptors (Lipinski definition) is 4. The molecule has 0 heterocycles. The predicted molar refractivity (Wildman–Crippen MR) is 152 cm³/mol. The van der Waals surface area contributed by atoms with E-state index in [4.69, 9.17) is 9.47 Å². The molecule has 5 aromatic carbocycles. The first-order valence-corrected chi connectivity index (χ1v) is 13.2. The first kappa shape index (κ1) is 24.6. The average Bonchev–Trinajstić information content (AvgIpc) is 3.29. The van der Waals surface area contributed by atoms with Crippen molar-refractivity contribution in [3.05, 3.63) is 144 Å². The van der Waals surface area contributed by atoms with E-state index in [1.54, 1.807) is 0 Å². The fourth-order valence-electron chi connectivity index (χ4n) is 5.43. The Morgan fingerprint density at radius 3 is 1.97 bits per heavy atom. The predicted octanol–water partition coefficient (Wildman–Crippen LogP) is 7.24. The van der Waals surface area contributed by atoms with Gasteiger partial charge in [-0.15, -0.1) is 0 Å². The van der Waals surface area contributed by atoms with Crippen LogP contribution in [0.2, 0.25) is 0 Å². The second-order valence-corrected chi connectivity index (χ2v) is 9.89. The van der Waals surface area contributed by atoms with Crippen molar-refractivity contribution < 1.29 is 19.1 Å². The maximum atomic E-state index is 13.4. The van der Waals surface area contributed by atoms with Gasteiger partial charge in [-0.3, -0.25) is 4.79 Å². The van der Waals surface area contributed by atoms with Crippen LogP contribution in [0.15, 0.2) is 121 Å². The molecule has 0 saturated carbocycles. The second kappa shape index (κ2) is 11.0. The van der Waals surface area contributed by atoms with E-state index in [2.05, 4.69) is 24.3 Å². The molecule has 0 fully saturated rings. The van der Waals surface area contributed by atoms with Crippen LogP contribution < -0.4 is 0 Å². The average molecular weight is 513 g/mol. The number of ether oxygens (including phenoxy) is 2. The van der Waals surface area contributed by atoms with E-state index in [1.165, 1.54) is 0 Å². The van der Waals surface area contributed by atoms with Gasteiger partial charge >= 0.3 is 11.9 Å². The number of benzene rings is 5. The first-order chi connectivity index (χ1) is 19.2. The Bertz CT molecular complexity index is 1590. The quantitative estimate of drug-likeness (QED) is 0.206. The molecule has 0 unspecified atom stereocenters. The van der Waals surface area contributed by atoms with Gasteiger partial charge in [0.1, 0.15) is 6.61 Å². The minimum Gasteiger partial charge on any atom is -0.458 e. The smallest absolute Gasteiger partial charge is 0.348 e. The Hall–Kier alpha value is -4.70. The lowest BCUT2D eigenvalue weighted by Gasteiger charge is -2.19. The number of fused-ring (bicyclic) bond motifs is 4. The summed E-state index contributed by atoms with van der Waals surface area (Å²) in [6.45, 7) is 0.120. The molecule has 0 radical (unpaired) electrons. The molecule has 4 heteroatoms. The zero-order valence-electron chi connectivity index (χ0n) is 21.5. The van der Waals surface area contributed by atoms with Crippen molar-refractivity contribution in [2.24, 2.45) is 0 Å². The van der Waals surface area contributed by atoms with Gasteiger partial charge in [-0.25, -0.2) is 4.79 Å². The molecule has 0 N–H and O–H groups in total. The summed E-state index contributed by atoms with van der Waals surface area (Å²) < 4.78 is 11.5. The van der Waals surface area contributed by atoms with Crippen molar-refractivity contribution >= 4 is 22.7 Å². The SMILES string of the molecule is O=C(CC1c2ccccc2-c2ccccc21)O[C@H](Cc1ccc2ccccc2c1)C(=O)OCc1ccccc1. The molecule has 6 rings (SSSR count). The molecular formula is C35H28O4. The molecule has 0 aliphatic heterocycles. The van der Waals surface area contributed by atoms with Crippen molar-refractivity contribution in [2.45, 2.75) is 31.5 Å². The lowest BCUT2D eigenvalue weighted by molar-refractivity contribution is -0.168. The number of rotatable bonds is 8. The molecule has 5 aromatic rings. The Kier molecular flexibility index (Phi) is 6.92. The van der Waals surface area contributed by atoms with E-state index < -0.39 is 18.0 Å². The van der Waals surface area contributed by atoms with Crippen molar-refractivity contribution in [1.29, 1.82) is 0 Å². The molecule has 1 atom stereocenters. The molecule has 0 saturated heterocycles. The van der Waals surface area contributed by atoms with Crippen LogP contribution in [-0.2, 0) is 32.1 Å². The highest BCUT2D eigenvalue weighted by atomic mass is 16.6. The summed E-state index contributed by atoms with van der Waals surface area (Å²) in [7, 11) is 0. The molecule has 0 spiro atoms. The molecule has 39 heavy (non-hydrogen) atoms. The summed E-state index contributed by atoms with van der Waals surface area (Å²) in [5.41, 5.74) is 6.27. The van der Waals surface area contributed by atoms with Gasteiger partial charge in [0.15, 0.2) is 0 Å². The monoisotopic (exact) mass is 512 g/mol. The van der Waals surface area contributed by atoms with E-state index in [0.29, 0.717) is 0 Å². The van der Waals surface area contributed by atoms with Crippen LogP contribution >= 0.6 is 0 Å². The summed E-state index contributed by atoms with van der Waals surface area (Å²) in [5, 5.41) is 2.18. The maximum absolute atomic E-state index is 13.4. The summed E-state index contributed by atoms with van der Waals surface area (Å²) >= 11 is 0. The highest BCUT2D eigenvalue weighted by Gasteiger charge is 2.32. The van der Waals surface area contributed by atoms with E-state index in [-0.39, 0.29) is 25.4 Å². The lowest BCUT2D eigenvalue weighted by Crippen LogP contribution is -2.31. The molecular weight excluding hydrogens is 484 g/mol. The summed E-state index contributed by atoms with van der Waals surface area (Å²) in [5.74, 6) is -1.09. The van der Waals surface area contributed by atoms with E-state index in [9.17, 15) is 9.59 Å². The van der Waals surface area contributed by atoms with Crippen LogP contribution in [0.1, 0.15) is 34.6 Å². The third-order valence-corrected chi connectivity index (χ3v) is 7.33. The van der Waals surface area contributed by atoms with Crippen LogP contribution in [-0.4, -0.2) is 18.0 Å². The second-order valence-electron chi connectivity index (χ2n) is 9.89. The zero-order chi connectivity index (χ0) is 26.6. The summed E-state index contributed by atoms with van der Waals surface area (Å²) in [6.07, 6.45) is -0.662. The van der Waals surface area contributed by atoms with Gasteiger partial charge in [-0.2, -0.15) is 0 Å². The molecule has 0 aromatic heterocycles. The van der Waals surface area contributed by atoms with Crippen LogP contribution in [0.4, 0.5) is 0 Å². The highest BCUT2D eigenvalue weighted by Crippen LogP contribution is 2.46. The van der Waals surface area contributed by atoms with Crippen molar-refractivity contribution in [2.75, 3.05) is 0 Å². The summed E-state index contributed by atoms with van der Waals surface area (Å²) in [4.78, 5) is 26.6. The topological polar surface area (TPSA) is 52.6 Å². The lowest BCUT2D eigenvalue weighted by atomic mass is 9.93. The zero-order valence-corrected chi connectivity index (χ0v) is 21.5. The van der Waals surface area contributed by atoms with Gasteiger partial charge < -0.3 is 9.47 Å². The molecule has 4 nitrogen and oxygen atoms in total. The van der Waals surface area contributed by atoms with Crippen molar-refractivity contribution in [3.63, 3.8) is 0 Å². The Labute approximate surface area is 227 Å². The highest BCUT2D eigenvalue weighted by molar-refractivity contribution is 5.85. The summed E-state index contributed by atoms with van der Waals surface area (Å²) in [6, 6.07) is 39.9. The van der Waals surface area contributed by atoms with Gasteiger partial charge in [-0.05, 0) is 44.2 Å². The molecule has 192 valence electrons. The van der Waals surface area contributed by atoms with E-state index >= 15 is 0 Å². The normalized spacial score (nSPS) is 12.9. The number of esters is 2. The fourth-order valence-corrected chi connectivity index (χ4v) is 5.43. The van der Waals surface area contributed by atoms with Gasteiger partial charge in [0.2, 0.25) is 6.10 Å². The molecule has 0 bridgehead atoms. The van der Waals surface area contributed by atoms with E-state index in [1.807, 2.05) is 97.1 Å². The minimum atomic E-state index is -1.05. The van der Waals surface area contributed by atoms with Crippen molar-refractivity contribution in [1.82, 2.24) is 0 Å². The van der Waals surface area contributed by atoms with E-state index in [0.717, 1.165) is 44.2 Å². The third-order valence-electron chi connectivity index (χ3n) is 7.33. The standard InChI is InChI=1S/C35H28O4/c36-34(22-32-30-16-8-6-14-28(30)29-15-7-9-17-31(29)32)39-33(35(37)38-23-24-10-2-1-3-11-24)21-25-18-19-26-12-4-5-13-27(26)20-25/h1-20,32-33H,21-23H2/t33-/m1/s1. The van der Waals surface area contributed by atoms with Crippen LogP contribution in [0, 0.1) is 0 Å². The van der Waals surface area contributed by atoms with Gasteiger partial charge in [0.05, 0.1) is 6.42 Å². The Morgan fingerprint density at radius 2 is 1.26 bits per heavy atom. The van der Waals surface area contributed by atoms with Crippen LogP contribution in [0.3, 0.4) is 0 Å². The van der Waals surface area contributed by atoms with Crippen molar-refractivity contribution in [3.8, 4) is 11.1 Å². The largest absolute Gasteiger partial charge is 0.458 e. The van der Waals surface area contributed by atoms with Gasteiger partial charge in [0, 0.05) is 12.3 Å². The maximum Gasteiger partial charge on any atom is 0.348 e. The molecule has 0 amide bonds. The van der Waals surface area contributed by atoms with Gasteiger partial charge in [-0.1, -0.05) is 121 Å². The molecule has 1 aliphatic rings. The van der Waals surface area contributed by atoms with Crippen LogP contribution in [0.5, 0.6) is 0 Å². The number of hydrogen-bond donors (Lipinski definition) is 0. The fraction of sp³-hybridized carbons (Fsp3) is 0.143. The third kappa shape index (κ3) is 5.32.